The fraction of sp³-hybridized carbons (Fsp3) is 0.150. The second-order valence-corrected chi connectivity index (χ2v) is 6.56. The summed E-state index contributed by atoms with van der Waals surface area (Å²) in [4.78, 5) is 21.1. The second-order valence-electron chi connectivity index (χ2n) is 6.12. The van der Waals surface area contributed by atoms with Crippen LogP contribution in [-0.4, -0.2) is 16.0 Å². The second kappa shape index (κ2) is 7.97. The molecule has 1 aromatic heterocycles. The van der Waals surface area contributed by atoms with Crippen LogP contribution in [0.15, 0.2) is 60.8 Å². The van der Waals surface area contributed by atoms with Gasteiger partial charge in [-0.1, -0.05) is 37.6 Å². The molecule has 0 spiro atoms. The molecule has 0 radical (unpaired) electrons. The lowest BCUT2D eigenvalue weighted by atomic mass is 10.1. The highest BCUT2D eigenvalue weighted by Crippen LogP contribution is 2.22. The molecule has 0 bridgehead atoms. The Morgan fingerprint density at radius 1 is 1.00 bits per heavy atom. The number of amides is 2. The van der Waals surface area contributed by atoms with Gasteiger partial charge in [0.2, 0.25) is 0 Å². The van der Waals surface area contributed by atoms with Crippen LogP contribution in [0.3, 0.4) is 0 Å². The predicted molar refractivity (Wildman–Crippen MR) is 106 cm³/mol. The maximum absolute atomic E-state index is 12.2. The van der Waals surface area contributed by atoms with Crippen molar-refractivity contribution in [3.05, 3.63) is 71.6 Å². The summed E-state index contributed by atoms with van der Waals surface area (Å²) in [6.07, 6.45) is 1.75. The maximum atomic E-state index is 12.2. The van der Waals surface area contributed by atoms with E-state index in [1.54, 1.807) is 30.5 Å². The highest BCUT2D eigenvalue weighted by atomic mass is 35.5. The number of carbonyl (C=O) groups excluding carboxylic acids is 1. The van der Waals surface area contributed by atoms with Crippen LogP contribution in [0.5, 0.6) is 0 Å². The molecular weight excluding hydrogens is 348 g/mol. The number of urea groups is 1. The van der Waals surface area contributed by atoms with Crippen molar-refractivity contribution in [3.63, 3.8) is 0 Å². The van der Waals surface area contributed by atoms with E-state index >= 15 is 0 Å². The largest absolute Gasteiger partial charge is 0.323 e. The Labute approximate surface area is 157 Å². The molecule has 0 aliphatic rings. The summed E-state index contributed by atoms with van der Waals surface area (Å²) in [7, 11) is 0. The molecule has 6 heteroatoms. The van der Waals surface area contributed by atoms with Crippen molar-refractivity contribution in [2.24, 2.45) is 0 Å². The Kier molecular flexibility index (Phi) is 5.49. The summed E-state index contributed by atoms with van der Waals surface area (Å²) < 4.78 is 0. The van der Waals surface area contributed by atoms with Gasteiger partial charge in [0, 0.05) is 34.1 Å². The zero-order valence-electron chi connectivity index (χ0n) is 14.5. The zero-order valence-corrected chi connectivity index (χ0v) is 15.3. The molecular formula is C20H19ClN4O. The molecule has 0 atom stereocenters. The van der Waals surface area contributed by atoms with Crippen molar-refractivity contribution >= 4 is 29.0 Å². The summed E-state index contributed by atoms with van der Waals surface area (Å²) in [5.41, 5.74) is 3.09. The summed E-state index contributed by atoms with van der Waals surface area (Å²) in [5.74, 6) is 1.04. The van der Waals surface area contributed by atoms with E-state index in [0.717, 1.165) is 17.1 Å². The minimum Gasteiger partial charge on any atom is -0.308 e. The Hall–Kier alpha value is -2.92. The van der Waals surface area contributed by atoms with Crippen molar-refractivity contribution in [1.29, 1.82) is 0 Å². The highest BCUT2D eigenvalue weighted by Gasteiger charge is 2.08. The minimum absolute atomic E-state index is 0.251. The number of carbonyl (C=O) groups is 1. The van der Waals surface area contributed by atoms with E-state index in [4.69, 9.17) is 11.6 Å². The van der Waals surface area contributed by atoms with E-state index in [1.165, 1.54) is 0 Å². The molecule has 5 nitrogen and oxygen atoms in total. The van der Waals surface area contributed by atoms with Gasteiger partial charge in [-0.2, -0.15) is 0 Å². The predicted octanol–water partition coefficient (Wildman–Crippen LogP) is 5.56. The molecule has 0 saturated carbocycles. The molecule has 0 unspecified atom stereocenters. The van der Waals surface area contributed by atoms with Crippen LogP contribution < -0.4 is 10.6 Å². The molecule has 3 rings (SSSR count). The molecule has 3 aromatic rings. The molecule has 2 aromatic carbocycles. The number of nitrogens with zero attached hydrogens (tertiary/aromatic N) is 2. The molecule has 2 amide bonds. The summed E-state index contributed by atoms with van der Waals surface area (Å²) in [6.45, 7) is 4.11. The number of rotatable bonds is 4. The number of aromatic nitrogens is 2. The number of hydrogen-bond donors (Lipinski definition) is 2. The average molecular weight is 367 g/mol. The van der Waals surface area contributed by atoms with Crippen molar-refractivity contribution in [2.45, 2.75) is 19.8 Å². The lowest BCUT2D eigenvalue weighted by Crippen LogP contribution is -2.19. The van der Waals surface area contributed by atoms with E-state index in [1.807, 2.05) is 30.3 Å². The van der Waals surface area contributed by atoms with Crippen molar-refractivity contribution in [3.8, 4) is 11.3 Å². The Morgan fingerprint density at radius 3 is 2.46 bits per heavy atom. The first-order valence-corrected chi connectivity index (χ1v) is 8.66. The third-order valence-corrected chi connectivity index (χ3v) is 3.96. The van der Waals surface area contributed by atoms with Gasteiger partial charge >= 0.3 is 6.03 Å². The van der Waals surface area contributed by atoms with Gasteiger partial charge in [0.05, 0.1) is 5.69 Å². The third-order valence-electron chi connectivity index (χ3n) is 3.71. The Balaban J connectivity index is 1.74. The minimum atomic E-state index is -0.324. The van der Waals surface area contributed by atoms with Gasteiger partial charge in [-0.25, -0.2) is 14.8 Å². The first kappa shape index (κ1) is 17.9. The number of nitrogens with one attached hydrogen (secondary N) is 2. The van der Waals surface area contributed by atoms with Gasteiger partial charge in [0.1, 0.15) is 5.82 Å². The number of anilines is 2. The molecule has 2 N–H and O–H groups in total. The zero-order chi connectivity index (χ0) is 18.5. The van der Waals surface area contributed by atoms with Crippen molar-refractivity contribution < 1.29 is 4.79 Å². The maximum Gasteiger partial charge on any atom is 0.323 e. The van der Waals surface area contributed by atoms with Gasteiger partial charge in [-0.3, -0.25) is 0 Å². The molecule has 0 saturated heterocycles. The normalized spacial score (nSPS) is 10.6. The van der Waals surface area contributed by atoms with Crippen LogP contribution in [0.1, 0.15) is 25.6 Å². The Morgan fingerprint density at radius 2 is 1.73 bits per heavy atom. The van der Waals surface area contributed by atoms with Crippen LogP contribution in [0.2, 0.25) is 5.02 Å². The number of hydrogen-bond acceptors (Lipinski definition) is 3. The number of benzene rings is 2. The van der Waals surface area contributed by atoms with Gasteiger partial charge in [0.15, 0.2) is 0 Å². The summed E-state index contributed by atoms with van der Waals surface area (Å²) in [5, 5.41) is 6.21. The van der Waals surface area contributed by atoms with E-state index in [9.17, 15) is 4.79 Å². The fourth-order valence-corrected chi connectivity index (χ4v) is 2.52. The topological polar surface area (TPSA) is 66.9 Å². The number of halogens is 1. The lowest BCUT2D eigenvalue weighted by Gasteiger charge is -2.10. The van der Waals surface area contributed by atoms with Crippen LogP contribution in [-0.2, 0) is 0 Å². The fourth-order valence-electron chi connectivity index (χ4n) is 2.40. The quantitative estimate of drug-likeness (QED) is 0.634. The van der Waals surface area contributed by atoms with Crippen LogP contribution in [0.4, 0.5) is 16.2 Å². The van der Waals surface area contributed by atoms with E-state index in [0.29, 0.717) is 16.4 Å². The van der Waals surface area contributed by atoms with Gasteiger partial charge in [-0.05, 0) is 42.5 Å². The average Bonchev–Trinajstić information content (AvgIpc) is 2.64. The first-order chi connectivity index (χ1) is 12.5. The van der Waals surface area contributed by atoms with Crippen molar-refractivity contribution in [1.82, 2.24) is 9.97 Å². The third kappa shape index (κ3) is 4.58. The molecule has 1 heterocycles. The molecule has 0 aliphatic heterocycles. The molecule has 26 heavy (non-hydrogen) atoms. The highest BCUT2D eigenvalue weighted by molar-refractivity contribution is 6.30. The smallest absolute Gasteiger partial charge is 0.308 e. The standard InChI is InChI=1S/C20H19ClN4O/c1-13(2)19-22-11-10-18(25-19)14-4-3-5-17(12-14)24-20(26)23-16-8-6-15(21)7-9-16/h3-13H,1-2H3,(H2,23,24,26). The molecule has 132 valence electrons. The van der Waals surface area contributed by atoms with E-state index < -0.39 is 0 Å². The molecule has 0 aliphatic carbocycles. The first-order valence-electron chi connectivity index (χ1n) is 8.28. The molecule has 0 fully saturated rings. The van der Waals surface area contributed by atoms with Crippen LogP contribution in [0.25, 0.3) is 11.3 Å². The monoisotopic (exact) mass is 366 g/mol. The van der Waals surface area contributed by atoms with Crippen LogP contribution >= 0.6 is 11.6 Å². The summed E-state index contributed by atoms with van der Waals surface area (Å²) in [6, 6.07) is 16.0. The van der Waals surface area contributed by atoms with E-state index in [2.05, 4.69) is 34.4 Å². The van der Waals surface area contributed by atoms with Gasteiger partial charge in [-0.15, -0.1) is 0 Å². The SMILES string of the molecule is CC(C)c1nccc(-c2cccc(NC(=O)Nc3ccc(Cl)cc3)c2)n1. The van der Waals surface area contributed by atoms with Gasteiger partial charge in [0.25, 0.3) is 0 Å². The van der Waals surface area contributed by atoms with Crippen LogP contribution in [0, 0.1) is 0 Å². The lowest BCUT2D eigenvalue weighted by molar-refractivity contribution is 0.262. The van der Waals surface area contributed by atoms with E-state index in [-0.39, 0.29) is 11.9 Å². The van der Waals surface area contributed by atoms with Gasteiger partial charge < -0.3 is 10.6 Å². The summed E-state index contributed by atoms with van der Waals surface area (Å²) >= 11 is 5.85. The van der Waals surface area contributed by atoms with Crippen molar-refractivity contribution in [2.75, 3.05) is 10.6 Å². The Bertz CT molecular complexity index is 910.